The van der Waals surface area contributed by atoms with Crippen molar-refractivity contribution in [2.24, 2.45) is 0 Å². The topological polar surface area (TPSA) is 57.2 Å². The SMILES string of the molecule is CCn1cc(N)cc1C(=O)OCc1ccc(Cl)s1. The van der Waals surface area contributed by atoms with Crippen molar-refractivity contribution in [3.05, 3.63) is 39.3 Å². The summed E-state index contributed by atoms with van der Waals surface area (Å²) >= 11 is 7.20. The molecule has 2 aromatic heterocycles. The van der Waals surface area contributed by atoms with Gasteiger partial charge in [-0.2, -0.15) is 0 Å². The summed E-state index contributed by atoms with van der Waals surface area (Å²) in [5, 5.41) is 0. The van der Waals surface area contributed by atoms with E-state index < -0.39 is 0 Å². The third-order valence-electron chi connectivity index (χ3n) is 2.44. The van der Waals surface area contributed by atoms with Gasteiger partial charge in [0.2, 0.25) is 0 Å². The fraction of sp³-hybridized carbons (Fsp3) is 0.250. The number of nitrogens with two attached hydrogens (primary N) is 1. The van der Waals surface area contributed by atoms with Crippen LogP contribution in [0.15, 0.2) is 24.4 Å². The maximum atomic E-state index is 11.9. The number of nitrogens with zero attached hydrogens (tertiary/aromatic N) is 1. The van der Waals surface area contributed by atoms with Crippen LogP contribution in [0.25, 0.3) is 0 Å². The van der Waals surface area contributed by atoms with Crippen molar-refractivity contribution >= 4 is 34.6 Å². The van der Waals surface area contributed by atoms with E-state index in [1.807, 2.05) is 13.0 Å². The smallest absolute Gasteiger partial charge is 0.355 e. The van der Waals surface area contributed by atoms with Crippen LogP contribution in [-0.2, 0) is 17.9 Å². The van der Waals surface area contributed by atoms with Crippen LogP contribution < -0.4 is 5.73 Å². The van der Waals surface area contributed by atoms with Crippen LogP contribution >= 0.6 is 22.9 Å². The summed E-state index contributed by atoms with van der Waals surface area (Å²) in [6.45, 7) is 2.84. The number of nitrogen functional groups attached to an aromatic ring is 1. The number of halogens is 1. The Bertz CT molecular complexity index is 562. The maximum Gasteiger partial charge on any atom is 0.355 e. The number of ether oxygens (including phenoxy) is 1. The van der Waals surface area contributed by atoms with Crippen LogP contribution in [0.3, 0.4) is 0 Å². The fourth-order valence-corrected chi connectivity index (χ4v) is 2.61. The van der Waals surface area contributed by atoms with Gasteiger partial charge < -0.3 is 15.0 Å². The average molecular weight is 285 g/mol. The van der Waals surface area contributed by atoms with Crippen LogP contribution in [0.5, 0.6) is 0 Å². The van der Waals surface area contributed by atoms with Gasteiger partial charge >= 0.3 is 5.97 Å². The quantitative estimate of drug-likeness (QED) is 0.878. The van der Waals surface area contributed by atoms with Gasteiger partial charge in [0.05, 0.1) is 10.0 Å². The number of hydrogen-bond donors (Lipinski definition) is 1. The van der Waals surface area contributed by atoms with Gasteiger partial charge in [-0.1, -0.05) is 11.6 Å². The normalized spacial score (nSPS) is 10.6. The molecule has 2 N–H and O–H groups in total. The van der Waals surface area contributed by atoms with E-state index >= 15 is 0 Å². The molecule has 0 atom stereocenters. The average Bonchev–Trinajstić information content (AvgIpc) is 2.92. The standard InChI is InChI=1S/C12H13ClN2O2S/c1-2-15-6-8(14)5-10(15)12(16)17-7-9-3-4-11(13)18-9/h3-6H,2,7,14H2,1H3. The van der Waals surface area contributed by atoms with E-state index in [1.165, 1.54) is 11.3 Å². The van der Waals surface area contributed by atoms with Crippen LogP contribution in [0.2, 0.25) is 4.34 Å². The number of esters is 1. The molecule has 0 unspecified atom stereocenters. The first kappa shape index (κ1) is 13.0. The number of thiophene rings is 1. The molecule has 96 valence electrons. The van der Waals surface area contributed by atoms with E-state index in [9.17, 15) is 4.79 Å². The van der Waals surface area contributed by atoms with Crippen molar-refractivity contribution in [3.8, 4) is 0 Å². The lowest BCUT2D eigenvalue weighted by atomic mass is 10.4. The lowest BCUT2D eigenvalue weighted by Crippen LogP contribution is -2.10. The Morgan fingerprint density at radius 2 is 2.33 bits per heavy atom. The van der Waals surface area contributed by atoms with Crippen molar-refractivity contribution in [3.63, 3.8) is 0 Å². The van der Waals surface area contributed by atoms with Crippen molar-refractivity contribution < 1.29 is 9.53 Å². The molecule has 0 bridgehead atoms. The van der Waals surface area contributed by atoms with Crippen LogP contribution in [0, 0.1) is 0 Å². The van der Waals surface area contributed by atoms with Gasteiger partial charge in [-0.15, -0.1) is 11.3 Å². The van der Waals surface area contributed by atoms with Gasteiger partial charge in [0, 0.05) is 17.6 Å². The second kappa shape index (κ2) is 5.46. The summed E-state index contributed by atoms with van der Waals surface area (Å²) in [4.78, 5) is 12.8. The number of carbonyl (C=O) groups is 1. The second-order valence-electron chi connectivity index (χ2n) is 3.73. The molecule has 2 heterocycles. The second-order valence-corrected chi connectivity index (χ2v) is 5.53. The molecule has 0 radical (unpaired) electrons. The highest BCUT2D eigenvalue weighted by atomic mass is 35.5. The molecule has 6 heteroatoms. The number of aryl methyl sites for hydroxylation is 1. The lowest BCUT2D eigenvalue weighted by Gasteiger charge is -2.05. The molecular formula is C12H13ClN2O2S. The molecule has 0 aliphatic heterocycles. The van der Waals surface area contributed by atoms with Gasteiger partial charge in [-0.25, -0.2) is 4.79 Å². The molecule has 0 aliphatic carbocycles. The summed E-state index contributed by atoms with van der Waals surface area (Å²) in [6, 6.07) is 5.24. The molecule has 0 saturated heterocycles. The minimum atomic E-state index is -0.377. The first-order valence-electron chi connectivity index (χ1n) is 5.47. The number of anilines is 1. The Hall–Kier alpha value is -1.46. The number of rotatable bonds is 4. The molecule has 0 fully saturated rings. The summed E-state index contributed by atoms with van der Waals surface area (Å²) in [6.07, 6.45) is 1.72. The van der Waals surface area contributed by atoms with Gasteiger partial charge in [-0.3, -0.25) is 0 Å². The van der Waals surface area contributed by atoms with Gasteiger partial charge in [0.15, 0.2) is 0 Å². The van der Waals surface area contributed by atoms with E-state index in [-0.39, 0.29) is 12.6 Å². The summed E-state index contributed by atoms with van der Waals surface area (Å²) in [5.74, 6) is -0.377. The molecule has 0 aliphatic rings. The lowest BCUT2D eigenvalue weighted by molar-refractivity contribution is 0.0464. The summed E-state index contributed by atoms with van der Waals surface area (Å²) in [7, 11) is 0. The van der Waals surface area contributed by atoms with Crippen molar-refractivity contribution in [1.82, 2.24) is 4.57 Å². The van der Waals surface area contributed by atoms with E-state index in [2.05, 4.69) is 0 Å². The Morgan fingerprint density at radius 1 is 1.56 bits per heavy atom. The third-order valence-corrected chi connectivity index (χ3v) is 3.65. The molecule has 0 amide bonds. The van der Waals surface area contributed by atoms with Gasteiger partial charge in [0.25, 0.3) is 0 Å². The Balaban J connectivity index is 2.03. The first-order valence-corrected chi connectivity index (χ1v) is 6.66. The Morgan fingerprint density at radius 3 is 2.94 bits per heavy atom. The minimum Gasteiger partial charge on any atom is -0.455 e. The molecule has 18 heavy (non-hydrogen) atoms. The highest BCUT2D eigenvalue weighted by Crippen LogP contribution is 2.22. The monoisotopic (exact) mass is 284 g/mol. The zero-order valence-electron chi connectivity index (χ0n) is 9.85. The third kappa shape index (κ3) is 2.86. The highest BCUT2D eigenvalue weighted by molar-refractivity contribution is 7.16. The zero-order valence-corrected chi connectivity index (χ0v) is 11.4. The molecule has 0 spiro atoms. The van der Waals surface area contributed by atoms with E-state index in [0.717, 1.165) is 4.88 Å². The van der Waals surface area contributed by atoms with E-state index in [0.29, 0.717) is 22.3 Å². The molecule has 2 rings (SSSR count). The predicted molar refractivity (Wildman–Crippen MR) is 73.0 cm³/mol. The van der Waals surface area contributed by atoms with Crippen molar-refractivity contribution in [2.45, 2.75) is 20.1 Å². The van der Waals surface area contributed by atoms with E-state index in [1.54, 1.807) is 22.9 Å². The fourth-order valence-electron chi connectivity index (χ4n) is 1.61. The van der Waals surface area contributed by atoms with E-state index in [4.69, 9.17) is 22.1 Å². The summed E-state index contributed by atoms with van der Waals surface area (Å²) < 4.78 is 7.67. The number of carbonyl (C=O) groups excluding carboxylic acids is 1. The Labute approximate surface area is 114 Å². The molecule has 4 nitrogen and oxygen atoms in total. The molecule has 0 aromatic carbocycles. The minimum absolute atomic E-state index is 0.227. The molecular weight excluding hydrogens is 272 g/mol. The highest BCUT2D eigenvalue weighted by Gasteiger charge is 2.14. The largest absolute Gasteiger partial charge is 0.455 e. The maximum absolute atomic E-state index is 11.9. The van der Waals surface area contributed by atoms with Gasteiger partial charge in [-0.05, 0) is 25.1 Å². The number of aromatic nitrogens is 1. The van der Waals surface area contributed by atoms with Crippen LogP contribution in [0.4, 0.5) is 5.69 Å². The first-order chi connectivity index (χ1) is 8.60. The molecule has 2 aromatic rings. The molecule has 0 saturated carbocycles. The van der Waals surface area contributed by atoms with Crippen LogP contribution in [0.1, 0.15) is 22.3 Å². The Kier molecular flexibility index (Phi) is 3.93. The van der Waals surface area contributed by atoms with Gasteiger partial charge in [0.1, 0.15) is 12.3 Å². The van der Waals surface area contributed by atoms with Crippen LogP contribution in [-0.4, -0.2) is 10.5 Å². The summed E-state index contributed by atoms with van der Waals surface area (Å²) in [5.41, 5.74) is 6.69. The zero-order chi connectivity index (χ0) is 13.1. The van der Waals surface area contributed by atoms with Crippen molar-refractivity contribution in [2.75, 3.05) is 5.73 Å². The number of hydrogen-bond acceptors (Lipinski definition) is 4. The van der Waals surface area contributed by atoms with Crippen molar-refractivity contribution in [1.29, 1.82) is 0 Å². The predicted octanol–water partition coefficient (Wildman–Crippen LogP) is 3.16.